The summed E-state index contributed by atoms with van der Waals surface area (Å²) in [4.78, 5) is 0. The van der Waals surface area contributed by atoms with Crippen molar-refractivity contribution in [1.29, 1.82) is 0 Å². The second-order valence-electron chi connectivity index (χ2n) is 4.79. The van der Waals surface area contributed by atoms with E-state index in [1.54, 1.807) is 0 Å². The highest BCUT2D eigenvalue weighted by atomic mass is 79.9. The molecule has 1 aromatic rings. The first-order valence-corrected chi connectivity index (χ1v) is 7.03. The molecule has 1 fully saturated rings. The molecule has 1 nitrogen and oxygen atoms in total. The summed E-state index contributed by atoms with van der Waals surface area (Å²) < 4.78 is 1.18. The predicted octanol–water partition coefficient (Wildman–Crippen LogP) is 3.87. The highest BCUT2D eigenvalue weighted by Gasteiger charge is 2.32. The van der Waals surface area contributed by atoms with E-state index in [-0.39, 0.29) is 0 Å². The van der Waals surface area contributed by atoms with Gasteiger partial charge in [0, 0.05) is 4.47 Å². The standard InChI is InChI=1S/C14H20BrN/c1-2-7-14(8-10-16-11-9-14)12-3-5-13(15)6-4-12/h3-6,16H,2,7-11H2,1H3. The molecule has 0 saturated carbocycles. The van der Waals surface area contributed by atoms with Crippen LogP contribution in [0.15, 0.2) is 28.7 Å². The molecule has 2 rings (SSSR count). The van der Waals surface area contributed by atoms with Crippen LogP contribution < -0.4 is 5.32 Å². The molecule has 0 unspecified atom stereocenters. The number of nitrogens with one attached hydrogen (secondary N) is 1. The van der Waals surface area contributed by atoms with E-state index in [9.17, 15) is 0 Å². The molecule has 1 aromatic carbocycles. The van der Waals surface area contributed by atoms with E-state index < -0.39 is 0 Å². The zero-order valence-corrected chi connectivity index (χ0v) is 11.5. The zero-order valence-electron chi connectivity index (χ0n) is 9.93. The summed E-state index contributed by atoms with van der Waals surface area (Å²) in [6.45, 7) is 4.62. The van der Waals surface area contributed by atoms with Gasteiger partial charge in [0.25, 0.3) is 0 Å². The molecule has 0 bridgehead atoms. The first-order valence-electron chi connectivity index (χ1n) is 6.24. The summed E-state index contributed by atoms with van der Waals surface area (Å²) in [6, 6.07) is 8.94. The van der Waals surface area contributed by atoms with Gasteiger partial charge in [0.1, 0.15) is 0 Å². The molecular formula is C14H20BrN. The van der Waals surface area contributed by atoms with Crippen LogP contribution in [-0.2, 0) is 5.41 Å². The van der Waals surface area contributed by atoms with Crippen LogP contribution in [0.5, 0.6) is 0 Å². The lowest BCUT2D eigenvalue weighted by molar-refractivity contribution is 0.285. The third kappa shape index (κ3) is 2.49. The third-order valence-corrected chi connectivity index (χ3v) is 4.27. The minimum Gasteiger partial charge on any atom is -0.317 e. The van der Waals surface area contributed by atoms with Crippen molar-refractivity contribution in [3.8, 4) is 0 Å². The minimum atomic E-state index is 0.431. The fraction of sp³-hybridized carbons (Fsp3) is 0.571. The van der Waals surface area contributed by atoms with Crippen molar-refractivity contribution in [1.82, 2.24) is 5.32 Å². The van der Waals surface area contributed by atoms with Gasteiger partial charge in [0.15, 0.2) is 0 Å². The Morgan fingerprint density at radius 2 is 1.81 bits per heavy atom. The second kappa shape index (κ2) is 5.33. The van der Waals surface area contributed by atoms with Gasteiger partial charge in [-0.1, -0.05) is 41.4 Å². The molecule has 0 spiro atoms. The molecule has 88 valence electrons. The van der Waals surface area contributed by atoms with Crippen molar-refractivity contribution in [3.05, 3.63) is 34.3 Å². The normalized spacial score (nSPS) is 19.6. The topological polar surface area (TPSA) is 12.0 Å². The van der Waals surface area contributed by atoms with Gasteiger partial charge >= 0.3 is 0 Å². The van der Waals surface area contributed by atoms with Crippen LogP contribution in [0.25, 0.3) is 0 Å². The number of rotatable bonds is 3. The average molecular weight is 282 g/mol. The van der Waals surface area contributed by atoms with E-state index in [1.807, 2.05) is 0 Å². The van der Waals surface area contributed by atoms with Gasteiger partial charge < -0.3 is 5.32 Å². The molecule has 1 N–H and O–H groups in total. The molecule has 0 aliphatic carbocycles. The molecule has 16 heavy (non-hydrogen) atoms. The molecule has 0 amide bonds. The summed E-state index contributed by atoms with van der Waals surface area (Å²) in [7, 11) is 0. The largest absolute Gasteiger partial charge is 0.317 e. The van der Waals surface area contributed by atoms with E-state index in [0.29, 0.717) is 5.41 Å². The maximum atomic E-state index is 3.51. The minimum absolute atomic E-state index is 0.431. The van der Waals surface area contributed by atoms with E-state index >= 15 is 0 Å². The van der Waals surface area contributed by atoms with Gasteiger partial charge in [-0.05, 0) is 55.5 Å². The Bertz CT molecular complexity index is 320. The van der Waals surface area contributed by atoms with Crippen LogP contribution in [0.4, 0.5) is 0 Å². The highest BCUT2D eigenvalue weighted by Crippen LogP contribution is 2.38. The molecule has 1 saturated heterocycles. The molecule has 0 atom stereocenters. The fourth-order valence-corrected chi connectivity index (χ4v) is 3.13. The molecule has 1 aliphatic heterocycles. The number of hydrogen-bond donors (Lipinski definition) is 1. The molecule has 0 radical (unpaired) electrons. The summed E-state index contributed by atoms with van der Waals surface area (Å²) in [5.41, 5.74) is 1.96. The van der Waals surface area contributed by atoms with Crippen molar-refractivity contribution in [3.63, 3.8) is 0 Å². The van der Waals surface area contributed by atoms with E-state index in [0.717, 1.165) is 13.1 Å². The summed E-state index contributed by atoms with van der Waals surface area (Å²) >= 11 is 3.51. The van der Waals surface area contributed by atoms with Crippen LogP contribution in [0.2, 0.25) is 0 Å². The molecule has 2 heteroatoms. The quantitative estimate of drug-likeness (QED) is 0.887. The third-order valence-electron chi connectivity index (χ3n) is 3.75. The lowest BCUT2D eigenvalue weighted by Crippen LogP contribution is -2.39. The SMILES string of the molecule is CCCC1(c2ccc(Br)cc2)CCNCC1. The number of benzene rings is 1. The van der Waals surface area contributed by atoms with Crippen LogP contribution >= 0.6 is 15.9 Å². The van der Waals surface area contributed by atoms with Gasteiger partial charge in [0.2, 0.25) is 0 Å². The first kappa shape index (κ1) is 12.1. The van der Waals surface area contributed by atoms with Crippen molar-refractivity contribution in [2.75, 3.05) is 13.1 Å². The smallest absolute Gasteiger partial charge is 0.0175 e. The number of hydrogen-bond acceptors (Lipinski definition) is 1. The Labute approximate surface area is 107 Å². The predicted molar refractivity (Wildman–Crippen MR) is 72.8 cm³/mol. The molecule has 0 aromatic heterocycles. The lowest BCUT2D eigenvalue weighted by Gasteiger charge is -2.38. The van der Waals surface area contributed by atoms with Gasteiger partial charge in [-0.2, -0.15) is 0 Å². The monoisotopic (exact) mass is 281 g/mol. The lowest BCUT2D eigenvalue weighted by atomic mass is 9.70. The molecule has 1 heterocycles. The van der Waals surface area contributed by atoms with Gasteiger partial charge in [-0.15, -0.1) is 0 Å². The maximum absolute atomic E-state index is 3.51. The van der Waals surface area contributed by atoms with Gasteiger partial charge in [0.05, 0.1) is 0 Å². The Morgan fingerprint density at radius 1 is 1.19 bits per heavy atom. The van der Waals surface area contributed by atoms with E-state index in [4.69, 9.17) is 0 Å². The summed E-state index contributed by atoms with van der Waals surface area (Å²) in [6.07, 6.45) is 5.15. The fourth-order valence-electron chi connectivity index (χ4n) is 2.87. The summed E-state index contributed by atoms with van der Waals surface area (Å²) in [5.74, 6) is 0. The zero-order chi connectivity index (χ0) is 11.4. The van der Waals surface area contributed by atoms with E-state index in [1.165, 1.54) is 35.7 Å². The van der Waals surface area contributed by atoms with Gasteiger partial charge in [-0.25, -0.2) is 0 Å². The Balaban J connectivity index is 2.26. The second-order valence-corrected chi connectivity index (χ2v) is 5.70. The summed E-state index contributed by atoms with van der Waals surface area (Å²) in [5, 5.41) is 3.47. The van der Waals surface area contributed by atoms with Gasteiger partial charge in [-0.3, -0.25) is 0 Å². The molecular weight excluding hydrogens is 262 g/mol. The van der Waals surface area contributed by atoms with Crippen LogP contribution in [0, 0.1) is 0 Å². The number of piperidine rings is 1. The van der Waals surface area contributed by atoms with Crippen molar-refractivity contribution in [2.24, 2.45) is 0 Å². The number of halogens is 1. The van der Waals surface area contributed by atoms with E-state index in [2.05, 4.69) is 52.4 Å². The van der Waals surface area contributed by atoms with Crippen LogP contribution in [0.3, 0.4) is 0 Å². The Morgan fingerprint density at radius 3 is 2.38 bits per heavy atom. The Kier molecular flexibility index (Phi) is 4.04. The van der Waals surface area contributed by atoms with Crippen LogP contribution in [0.1, 0.15) is 38.2 Å². The van der Waals surface area contributed by atoms with Crippen molar-refractivity contribution < 1.29 is 0 Å². The van der Waals surface area contributed by atoms with Crippen molar-refractivity contribution in [2.45, 2.75) is 38.0 Å². The van der Waals surface area contributed by atoms with Crippen molar-refractivity contribution >= 4 is 15.9 Å². The molecule has 1 aliphatic rings. The highest BCUT2D eigenvalue weighted by molar-refractivity contribution is 9.10. The first-order chi connectivity index (χ1) is 7.77. The Hall–Kier alpha value is -0.340. The average Bonchev–Trinajstić information content (AvgIpc) is 2.31. The van der Waals surface area contributed by atoms with Crippen LogP contribution in [-0.4, -0.2) is 13.1 Å². The maximum Gasteiger partial charge on any atom is 0.0175 e.